The fraction of sp³-hybridized carbons (Fsp3) is 0.364. The minimum Gasteiger partial charge on any atom is -0.497 e. The van der Waals surface area contributed by atoms with Crippen molar-refractivity contribution in [3.63, 3.8) is 0 Å². The lowest BCUT2D eigenvalue weighted by Crippen LogP contribution is -2.44. The number of imide groups is 1. The minimum atomic E-state index is -0.445. The van der Waals surface area contributed by atoms with Crippen LogP contribution in [0.4, 0.5) is 5.69 Å². The number of carbonyl (C=O) groups excluding carboxylic acids is 2. The van der Waals surface area contributed by atoms with Gasteiger partial charge in [0.15, 0.2) is 0 Å². The SMILES string of the molecule is COc1ccc([C@H]2[C@H]3C(=O)N(c4ccc(OC)cc4)C(=O)[C@@H]3N3CCCN23)cc1. The molecule has 3 fully saturated rings. The van der Waals surface area contributed by atoms with Crippen LogP contribution in [0.5, 0.6) is 11.5 Å². The molecular formula is C22H23N3O4. The number of benzene rings is 2. The Labute approximate surface area is 169 Å². The molecule has 2 aromatic rings. The fourth-order valence-electron chi connectivity index (χ4n) is 4.90. The van der Waals surface area contributed by atoms with Gasteiger partial charge in [-0.05, 0) is 48.4 Å². The van der Waals surface area contributed by atoms with Gasteiger partial charge in [-0.25, -0.2) is 14.9 Å². The summed E-state index contributed by atoms with van der Waals surface area (Å²) in [6, 6.07) is 14.3. The number of carbonyl (C=O) groups is 2. The van der Waals surface area contributed by atoms with Crippen LogP contribution in [-0.2, 0) is 9.59 Å². The lowest BCUT2D eigenvalue weighted by atomic mass is 9.90. The molecule has 3 aliphatic heterocycles. The molecule has 0 unspecified atom stereocenters. The lowest BCUT2D eigenvalue weighted by molar-refractivity contribution is -0.126. The van der Waals surface area contributed by atoms with E-state index in [1.807, 2.05) is 24.3 Å². The molecule has 0 aliphatic carbocycles. The quantitative estimate of drug-likeness (QED) is 0.743. The van der Waals surface area contributed by atoms with Crippen molar-refractivity contribution in [1.29, 1.82) is 0 Å². The van der Waals surface area contributed by atoms with Crippen molar-refractivity contribution >= 4 is 17.5 Å². The number of methoxy groups -OCH3 is 2. The monoisotopic (exact) mass is 393 g/mol. The van der Waals surface area contributed by atoms with Gasteiger partial charge in [-0.3, -0.25) is 9.59 Å². The molecule has 29 heavy (non-hydrogen) atoms. The minimum absolute atomic E-state index is 0.139. The molecule has 0 radical (unpaired) electrons. The lowest BCUT2D eigenvalue weighted by Gasteiger charge is -2.29. The Bertz CT molecular complexity index is 944. The molecule has 3 aliphatic rings. The first-order chi connectivity index (χ1) is 14.1. The maximum atomic E-state index is 13.5. The van der Waals surface area contributed by atoms with Crippen molar-refractivity contribution in [2.24, 2.45) is 5.92 Å². The van der Waals surface area contributed by atoms with Crippen LogP contribution in [0.25, 0.3) is 0 Å². The average Bonchev–Trinajstić information content (AvgIpc) is 3.40. The maximum Gasteiger partial charge on any atom is 0.253 e. The van der Waals surface area contributed by atoms with Crippen LogP contribution >= 0.6 is 0 Å². The molecule has 0 spiro atoms. The Morgan fingerprint density at radius 1 is 0.759 bits per heavy atom. The number of hydrogen-bond acceptors (Lipinski definition) is 6. The summed E-state index contributed by atoms with van der Waals surface area (Å²) < 4.78 is 10.5. The Morgan fingerprint density at radius 2 is 1.31 bits per heavy atom. The van der Waals surface area contributed by atoms with Gasteiger partial charge >= 0.3 is 0 Å². The zero-order valence-electron chi connectivity index (χ0n) is 16.4. The number of ether oxygens (including phenoxy) is 2. The number of nitrogens with zero attached hydrogens (tertiary/aromatic N) is 3. The number of hydrazine groups is 1. The zero-order chi connectivity index (χ0) is 20.1. The second-order valence-corrected chi connectivity index (χ2v) is 7.58. The van der Waals surface area contributed by atoms with Crippen LogP contribution in [0.1, 0.15) is 18.0 Å². The van der Waals surface area contributed by atoms with Crippen molar-refractivity contribution in [2.45, 2.75) is 18.5 Å². The van der Waals surface area contributed by atoms with E-state index < -0.39 is 12.0 Å². The predicted molar refractivity (Wildman–Crippen MR) is 107 cm³/mol. The highest BCUT2D eigenvalue weighted by molar-refractivity contribution is 6.24. The molecule has 0 N–H and O–H groups in total. The number of hydrogen-bond donors (Lipinski definition) is 0. The van der Waals surface area contributed by atoms with E-state index >= 15 is 0 Å². The first-order valence-corrected chi connectivity index (χ1v) is 9.83. The molecular weight excluding hydrogens is 370 g/mol. The van der Waals surface area contributed by atoms with Crippen molar-refractivity contribution in [1.82, 2.24) is 10.0 Å². The topological polar surface area (TPSA) is 62.3 Å². The van der Waals surface area contributed by atoms with E-state index in [0.717, 1.165) is 30.8 Å². The van der Waals surface area contributed by atoms with Crippen molar-refractivity contribution < 1.29 is 19.1 Å². The molecule has 150 valence electrons. The van der Waals surface area contributed by atoms with Gasteiger partial charge in [-0.15, -0.1) is 0 Å². The van der Waals surface area contributed by atoms with Gasteiger partial charge in [0.2, 0.25) is 5.91 Å². The smallest absolute Gasteiger partial charge is 0.253 e. The number of amides is 2. The van der Waals surface area contributed by atoms with Crippen LogP contribution in [0.3, 0.4) is 0 Å². The summed E-state index contributed by atoms with van der Waals surface area (Å²) in [5.74, 6) is 0.761. The summed E-state index contributed by atoms with van der Waals surface area (Å²) in [5, 5.41) is 4.31. The summed E-state index contributed by atoms with van der Waals surface area (Å²) >= 11 is 0. The molecule has 7 nitrogen and oxygen atoms in total. The number of fused-ring (bicyclic) bond motifs is 3. The van der Waals surface area contributed by atoms with Gasteiger partial charge in [0.25, 0.3) is 5.91 Å². The molecule has 2 aromatic carbocycles. The first kappa shape index (κ1) is 18.1. The standard InChI is InChI=1S/C22H23N3O4/c1-28-16-8-4-14(5-9-16)19-18-20(24-13-3-12-23(19)24)22(27)25(21(18)26)15-6-10-17(29-2)11-7-15/h4-11,18-20H,3,12-13H2,1-2H3/t18-,19+,20-/m1/s1. The highest BCUT2D eigenvalue weighted by atomic mass is 16.5. The maximum absolute atomic E-state index is 13.5. The number of rotatable bonds is 4. The molecule has 5 rings (SSSR count). The van der Waals surface area contributed by atoms with Crippen molar-refractivity contribution in [3.05, 3.63) is 54.1 Å². The summed E-state index contributed by atoms with van der Waals surface area (Å²) in [5.41, 5.74) is 1.62. The van der Waals surface area contributed by atoms with E-state index in [2.05, 4.69) is 10.0 Å². The van der Waals surface area contributed by atoms with Gasteiger partial charge in [0.1, 0.15) is 17.5 Å². The highest BCUT2D eigenvalue weighted by Crippen LogP contribution is 2.49. The molecule has 2 amide bonds. The van der Waals surface area contributed by atoms with E-state index in [1.165, 1.54) is 4.90 Å². The Hall–Kier alpha value is -2.90. The van der Waals surface area contributed by atoms with Gasteiger partial charge in [-0.2, -0.15) is 0 Å². The van der Waals surface area contributed by atoms with Crippen LogP contribution in [-0.4, -0.2) is 55.2 Å². The Morgan fingerprint density at radius 3 is 1.90 bits per heavy atom. The van der Waals surface area contributed by atoms with Crippen molar-refractivity contribution in [2.75, 3.05) is 32.2 Å². The molecule has 7 heteroatoms. The summed E-state index contributed by atoms with van der Waals surface area (Å²) in [4.78, 5) is 28.2. The van der Waals surface area contributed by atoms with E-state index in [0.29, 0.717) is 11.4 Å². The molecule has 3 saturated heterocycles. The molecule has 0 aromatic heterocycles. The third-order valence-corrected chi connectivity index (χ3v) is 6.19. The highest BCUT2D eigenvalue weighted by Gasteiger charge is 2.62. The zero-order valence-corrected chi connectivity index (χ0v) is 16.4. The predicted octanol–water partition coefficient (Wildman–Crippen LogP) is 2.24. The molecule has 3 heterocycles. The average molecular weight is 393 g/mol. The first-order valence-electron chi connectivity index (χ1n) is 9.83. The fourth-order valence-corrected chi connectivity index (χ4v) is 4.90. The van der Waals surface area contributed by atoms with Crippen LogP contribution in [0, 0.1) is 5.92 Å². The van der Waals surface area contributed by atoms with Crippen LogP contribution < -0.4 is 14.4 Å². The van der Waals surface area contributed by atoms with Crippen LogP contribution in [0.15, 0.2) is 48.5 Å². The van der Waals surface area contributed by atoms with Crippen LogP contribution in [0.2, 0.25) is 0 Å². The molecule has 0 bridgehead atoms. The van der Waals surface area contributed by atoms with Gasteiger partial charge in [0, 0.05) is 13.1 Å². The third-order valence-electron chi connectivity index (χ3n) is 6.19. The second kappa shape index (κ2) is 6.86. The second-order valence-electron chi connectivity index (χ2n) is 7.58. The molecule has 0 saturated carbocycles. The molecule has 3 atom stereocenters. The van der Waals surface area contributed by atoms with E-state index in [9.17, 15) is 9.59 Å². The van der Waals surface area contributed by atoms with E-state index in [4.69, 9.17) is 9.47 Å². The van der Waals surface area contributed by atoms with Gasteiger partial charge in [0.05, 0.1) is 31.9 Å². The third kappa shape index (κ3) is 2.65. The van der Waals surface area contributed by atoms with Gasteiger partial charge in [-0.1, -0.05) is 12.1 Å². The largest absolute Gasteiger partial charge is 0.497 e. The van der Waals surface area contributed by atoms with E-state index in [-0.39, 0.29) is 17.9 Å². The van der Waals surface area contributed by atoms with Crippen molar-refractivity contribution in [3.8, 4) is 11.5 Å². The van der Waals surface area contributed by atoms with E-state index in [1.54, 1.807) is 38.5 Å². The summed E-state index contributed by atoms with van der Waals surface area (Å²) in [7, 11) is 3.22. The number of anilines is 1. The normalized spacial score (nSPS) is 26.7. The Kier molecular flexibility index (Phi) is 4.29. The Balaban J connectivity index is 1.53. The summed E-state index contributed by atoms with van der Waals surface area (Å²) in [6.45, 7) is 1.65. The summed E-state index contributed by atoms with van der Waals surface area (Å²) in [6.07, 6.45) is 0.986. The van der Waals surface area contributed by atoms with Gasteiger partial charge < -0.3 is 9.47 Å².